The molecule has 1 aliphatic heterocycles. The van der Waals surface area contributed by atoms with Crippen LogP contribution in [0.5, 0.6) is 0 Å². The van der Waals surface area contributed by atoms with Crippen LogP contribution in [0.15, 0.2) is 28.1 Å². The zero-order valence-electron chi connectivity index (χ0n) is 14.4. The second-order valence-electron chi connectivity index (χ2n) is 6.84. The topological polar surface area (TPSA) is 46.3 Å². The van der Waals surface area contributed by atoms with Crippen LogP contribution in [0, 0.1) is 5.92 Å². The third-order valence-corrected chi connectivity index (χ3v) is 5.58. The van der Waals surface area contributed by atoms with Crippen LogP contribution in [-0.2, 0) is 0 Å². The number of ketones is 1. The zero-order valence-corrected chi connectivity index (χ0v) is 15.2. The van der Waals surface area contributed by atoms with Crippen molar-refractivity contribution >= 4 is 17.1 Å². The highest BCUT2D eigenvalue weighted by atomic mass is 32.1. The van der Waals surface area contributed by atoms with E-state index < -0.39 is 0 Å². The van der Waals surface area contributed by atoms with Crippen LogP contribution in [0.25, 0.3) is 10.6 Å². The molecular formula is C19H26N2O2S. The molecule has 5 heteroatoms. The number of thiophene rings is 1. The van der Waals surface area contributed by atoms with Crippen LogP contribution in [0.4, 0.5) is 0 Å². The van der Waals surface area contributed by atoms with E-state index in [1.54, 1.807) is 17.4 Å². The number of carbonyl (C=O) groups is 1. The minimum atomic E-state index is 0.0925. The van der Waals surface area contributed by atoms with E-state index in [0.717, 1.165) is 23.6 Å². The molecule has 4 nitrogen and oxygen atoms in total. The third-order valence-electron chi connectivity index (χ3n) is 4.70. The van der Waals surface area contributed by atoms with Crippen molar-refractivity contribution in [3.8, 4) is 10.6 Å². The van der Waals surface area contributed by atoms with Gasteiger partial charge in [-0.05, 0) is 49.7 Å². The molecule has 0 amide bonds. The summed E-state index contributed by atoms with van der Waals surface area (Å²) in [6.07, 6.45) is 6.42. The summed E-state index contributed by atoms with van der Waals surface area (Å²) in [6, 6.07) is 5.70. The molecule has 1 fully saturated rings. The van der Waals surface area contributed by atoms with Gasteiger partial charge in [0, 0.05) is 19.0 Å². The summed E-state index contributed by atoms with van der Waals surface area (Å²) in [5.41, 5.74) is 0.462. The zero-order chi connectivity index (χ0) is 16.8. The maximum Gasteiger partial charge on any atom is 0.184 e. The summed E-state index contributed by atoms with van der Waals surface area (Å²) in [6.45, 7) is 6.07. The second kappa shape index (κ2) is 8.58. The number of rotatable bonds is 9. The number of carbonyl (C=O) groups excluding carboxylic acids is 1. The lowest BCUT2D eigenvalue weighted by atomic mass is 10.1. The van der Waals surface area contributed by atoms with Crippen molar-refractivity contribution in [3.63, 3.8) is 0 Å². The Labute approximate surface area is 147 Å². The predicted octanol–water partition coefficient (Wildman–Crippen LogP) is 4.88. The normalized spacial score (nSPS) is 18.3. The Hall–Kier alpha value is -1.46. The third kappa shape index (κ3) is 4.77. The molecule has 2 aromatic heterocycles. The van der Waals surface area contributed by atoms with Crippen molar-refractivity contribution in [2.24, 2.45) is 5.92 Å². The lowest BCUT2D eigenvalue weighted by molar-refractivity contribution is 0.0970. The van der Waals surface area contributed by atoms with Gasteiger partial charge < -0.3 is 9.42 Å². The first kappa shape index (κ1) is 17.4. The SMILES string of the molecule is CC1CCN(CCCCCCC(=O)c2cc(-c3cccs3)on2)C1. The van der Waals surface area contributed by atoms with E-state index in [1.165, 1.54) is 38.9 Å². The highest BCUT2D eigenvalue weighted by molar-refractivity contribution is 7.13. The fraction of sp³-hybridized carbons (Fsp3) is 0.579. The second-order valence-corrected chi connectivity index (χ2v) is 7.78. The average Bonchev–Trinajstić information content (AvgIpc) is 3.30. The molecule has 0 spiro atoms. The summed E-state index contributed by atoms with van der Waals surface area (Å²) < 4.78 is 5.27. The first-order valence-electron chi connectivity index (χ1n) is 8.98. The number of aromatic nitrogens is 1. The van der Waals surface area contributed by atoms with Gasteiger partial charge in [-0.3, -0.25) is 4.79 Å². The van der Waals surface area contributed by atoms with Gasteiger partial charge in [0.25, 0.3) is 0 Å². The van der Waals surface area contributed by atoms with Crippen molar-refractivity contribution in [1.29, 1.82) is 0 Å². The van der Waals surface area contributed by atoms with E-state index in [1.807, 2.05) is 17.5 Å². The monoisotopic (exact) mass is 346 g/mol. The molecule has 24 heavy (non-hydrogen) atoms. The lowest BCUT2D eigenvalue weighted by Crippen LogP contribution is -2.21. The maximum atomic E-state index is 12.2. The Morgan fingerprint density at radius 3 is 3.00 bits per heavy atom. The largest absolute Gasteiger partial charge is 0.355 e. The summed E-state index contributed by atoms with van der Waals surface area (Å²) in [5.74, 6) is 1.65. The van der Waals surface area contributed by atoms with Gasteiger partial charge in [0.2, 0.25) is 0 Å². The fourth-order valence-electron chi connectivity index (χ4n) is 3.27. The van der Waals surface area contributed by atoms with Crippen molar-refractivity contribution < 1.29 is 9.32 Å². The number of hydrogen-bond donors (Lipinski definition) is 0. The molecule has 2 aromatic rings. The van der Waals surface area contributed by atoms with E-state index in [9.17, 15) is 4.79 Å². The number of hydrogen-bond acceptors (Lipinski definition) is 5. The minimum absolute atomic E-state index is 0.0925. The molecule has 0 radical (unpaired) electrons. The molecule has 1 atom stereocenters. The summed E-state index contributed by atoms with van der Waals surface area (Å²) in [7, 11) is 0. The van der Waals surface area contributed by atoms with Gasteiger partial charge >= 0.3 is 0 Å². The molecule has 0 N–H and O–H groups in total. The first-order valence-corrected chi connectivity index (χ1v) is 9.86. The minimum Gasteiger partial charge on any atom is -0.355 e. The molecule has 130 valence electrons. The highest BCUT2D eigenvalue weighted by Gasteiger charge is 2.17. The van der Waals surface area contributed by atoms with E-state index in [4.69, 9.17) is 4.52 Å². The average molecular weight is 346 g/mol. The highest BCUT2D eigenvalue weighted by Crippen LogP contribution is 2.25. The number of Topliss-reactive ketones (excluding diaryl/α,β-unsaturated/α-hetero) is 1. The van der Waals surface area contributed by atoms with Gasteiger partial charge in [-0.2, -0.15) is 0 Å². The van der Waals surface area contributed by atoms with Crippen LogP contribution in [-0.4, -0.2) is 35.5 Å². The van der Waals surface area contributed by atoms with E-state index >= 15 is 0 Å². The quantitative estimate of drug-likeness (QED) is 0.480. The number of nitrogens with zero attached hydrogens (tertiary/aromatic N) is 2. The molecule has 3 heterocycles. The van der Waals surface area contributed by atoms with Crippen molar-refractivity contribution in [2.45, 2.75) is 45.4 Å². The first-order chi connectivity index (χ1) is 11.7. The molecular weight excluding hydrogens is 320 g/mol. The summed E-state index contributed by atoms with van der Waals surface area (Å²) in [4.78, 5) is 15.8. The van der Waals surface area contributed by atoms with Crippen LogP contribution in [0.2, 0.25) is 0 Å². The molecule has 1 saturated heterocycles. The van der Waals surface area contributed by atoms with Gasteiger partial charge in [-0.1, -0.05) is 31.0 Å². The Balaban J connectivity index is 1.31. The van der Waals surface area contributed by atoms with E-state index in [-0.39, 0.29) is 5.78 Å². The molecule has 1 unspecified atom stereocenters. The standard InChI is InChI=1S/C19H26N2O2S/c1-15-9-11-21(14-15)10-5-3-2-4-7-17(22)16-13-18(23-20-16)19-8-6-12-24-19/h6,8,12-13,15H,2-5,7,9-11,14H2,1H3. The molecule has 0 aromatic carbocycles. The van der Waals surface area contributed by atoms with E-state index in [0.29, 0.717) is 17.9 Å². The van der Waals surface area contributed by atoms with Gasteiger partial charge in [-0.15, -0.1) is 11.3 Å². The van der Waals surface area contributed by atoms with Gasteiger partial charge in [0.1, 0.15) is 5.69 Å². The Morgan fingerprint density at radius 1 is 1.38 bits per heavy atom. The smallest absolute Gasteiger partial charge is 0.184 e. The van der Waals surface area contributed by atoms with Crippen LogP contribution < -0.4 is 0 Å². The Kier molecular flexibility index (Phi) is 6.21. The molecule has 3 rings (SSSR count). The van der Waals surface area contributed by atoms with Crippen LogP contribution in [0.1, 0.15) is 55.9 Å². The maximum absolute atomic E-state index is 12.2. The number of unbranched alkanes of at least 4 members (excludes halogenated alkanes) is 3. The van der Waals surface area contributed by atoms with Gasteiger partial charge in [-0.25, -0.2) is 0 Å². The van der Waals surface area contributed by atoms with Crippen molar-refractivity contribution in [2.75, 3.05) is 19.6 Å². The molecule has 0 saturated carbocycles. The summed E-state index contributed by atoms with van der Waals surface area (Å²) >= 11 is 1.59. The lowest BCUT2D eigenvalue weighted by Gasteiger charge is -2.14. The number of likely N-dealkylation sites (tertiary alicyclic amines) is 1. The Morgan fingerprint density at radius 2 is 2.25 bits per heavy atom. The van der Waals surface area contributed by atoms with Crippen molar-refractivity contribution in [1.82, 2.24) is 10.1 Å². The van der Waals surface area contributed by atoms with Crippen LogP contribution >= 0.6 is 11.3 Å². The molecule has 0 bridgehead atoms. The molecule has 0 aliphatic carbocycles. The van der Waals surface area contributed by atoms with E-state index in [2.05, 4.69) is 17.0 Å². The fourth-order valence-corrected chi connectivity index (χ4v) is 3.95. The van der Waals surface area contributed by atoms with Gasteiger partial charge in [0.15, 0.2) is 11.5 Å². The Bertz CT molecular complexity index is 636. The van der Waals surface area contributed by atoms with Crippen LogP contribution in [0.3, 0.4) is 0 Å². The van der Waals surface area contributed by atoms with Crippen molar-refractivity contribution in [3.05, 3.63) is 29.3 Å². The summed E-state index contributed by atoms with van der Waals surface area (Å²) in [5, 5.41) is 5.91. The van der Waals surface area contributed by atoms with Gasteiger partial charge in [0.05, 0.1) is 4.88 Å². The predicted molar refractivity (Wildman–Crippen MR) is 97.5 cm³/mol. The molecule has 1 aliphatic rings.